The Morgan fingerprint density at radius 2 is 1.94 bits per heavy atom. The summed E-state index contributed by atoms with van der Waals surface area (Å²) < 4.78 is 16.2. The number of fused-ring (bicyclic) bond motifs is 1. The first-order valence-corrected chi connectivity index (χ1v) is 11.5. The lowest BCUT2D eigenvalue weighted by molar-refractivity contribution is -0.284. The van der Waals surface area contributed by atoms with Gasteiger partial charge in [-0.1, -0.05) is 6.07 Å². The molecule has 190 valence electrons. The highest BCUT2D eigenvalue weighted by Gasteiger charge is 2.57. The number of carboxylic acids is 1. The third kappa shape index (κ3) is 3.53. The number of carbonyl (C=O) groups excluding carboxylic acids is 1. The van der Waals surface area contributed by atoms with Gasteiger partial charge in [-0.05, 0) is 44.1 Å². The number of phenols is 1. The summed E-state index contributed by atoms with van der Waals surface area (Å²) >= 11 is 0. The van der Waals surface area contributed by atoms with Crippen LogP contribution >= 0.6 is 0 Å². The summed E-state index contributed by atoms with van der Waals surface area (Å²) in [5.74, 6) is -1.92. The van der Waals surface area contributed by atoms with E-state index in [1.807, 2.05) is 13.1 Å². The quantitative estimate of drug-likeness (QED) is 0.361. The van der Waals surface area contributed by atoms with Crippen LogP contribution in [-0.2, 0) is 30.9 Å². The molecule has 1 aromatic rings. The van der Waals surface area contributed by atoms with E-state index < -0.39 is 47.9 Å². The second kappa shape index (κ2) is 8.45. The molecule has 0 amide bonds. The number of aliphatic hydroxyl groups excluding tert-OH is 3. The summed E-state index contributed by atoms with van der Waals surface area (Å²) in [6.07, 6.45) is -6.03. The fourth-order valence-electron chi connectivity index (χ4n) is 6.23. The van der Waals surface area contributed by atoms with Gasteiger partial charge in [0.15, 0.2) is 29.1 Å². The van der Waals surface area contributed by atoms with E-state index in [1.54, 1.807) is 12.1 Å². The number of aliphatic hydroxyl groups is 3. The van der Waals surface area contributed by atoms with Gasteiger partial charge in [-0.25, -0.2) is 4.79 Å². The molecular formula is C24H29NO10. The van der Waals surface area contributed by atoms with Crippen molar-refractivity contribution in [1.82, 2.24) is 4.90 Å². The van der Waals surface area contributed by atoms with Crippen LogP contribution in [0.15, 0.2) is 24.0 Å². The minimum absolute atomic E-state index is 0.00660. The summed E-state index contributed by atoms with van der Waals surface area (Å²) in [4.78, 5) is 27.0. The van der Waals surface area contributed by atoms with Crippen LogP contribution in [0.25, 0.3) is 0 Å². The Kier molecular flexibility index (Phi) is 5.80. The van der Waals surface area contributed by atoms with E-state index in [-0.39, 0.29) is 29.9 Å². The number of hydrogen-bond acceptors (Lipinski definition) is 10. The fraction of sp³-hybridized carbons (Fsp3) is 0.583. The average Bonchev–Trinajstić information content (AvgIpc) is 2.82. The Labute approximate surface area is 201 Å². The lowest BCUT2D eigenvalue weighted by atomic mass is 9.53. The van der Waals surface area contributed by atoms with Gasteiger partial charge in [0.2, 0.25) is 6.29 Å². The number of ether oxygens (including phenoxy) is 3. The molecule has 4 aliphatic rings. The highest BCUT2D eigenvalue weighted by Crippen LogP contribution is 2.57. The molecule has 0 radical (unpaired) electrons. The highest BCUT2D eigenvalue weighted by molar-refractivity contribution is 5.96. The molecule has 8 atom stereocenters. The van der Waals surface area contributed by atoms with Crippen LogP contribution in [0.4, 0.5) is 0 Å². The number of aromatic hydroxyl groups is 1. The zero-order chi connectivity index (χ0) is 25.2. The SMILES string of the molecule is COc1ccc2c(c1O)C13CCN(C)C(C2)C1C=C(OC1O[C@H](C(=O)O)[C@@H](O)[C@H](O)[C@H]1O)C(=O)C3. The largest absolute Gasteiger partial charge is 0.504 e. The average molecular weight is 491 g/mol. The third-order valence-corrected chi connectivity index (χ3v) is 8.04. The second-order valence-corrected chi connectivity index (χ2v) is 9.82. The van der Waals surface area contributed by atoms with E-state index in [9.17, 15) is 35.1 Å². The minimum atomic E-state index is -1.86. The van der Waals surface area contributed by atoms with Crippen molar-refractivity contribution in [2.75, 3.05) is 20.7 Å². The van der Waals surface area contributed by atoms with E-state index in [1.165, 1.54) is 7.11 Å². The fourth-order valence-corrected chi connectivity index (χ4v) is 6.23. The number of nitrogens with zero attached hydrogens (tertiary/aromatic N) is 1. The van der Waals surface area contributed by atoms with Crippen LogP contribution in [-0.4, -0.2) is 99.6 Å². The van der Waals surface area contributed by atoms with Gasteiger partial charge in [-0.15, -0.1) is 0 Å². The lowest BCUT2D eigenvalue weighted by Gasteiger charge is -2.56. The molecule has 5 rings (SSSR count). The molecule has 11 heteroatoms. The van der Waals surface area contributed by atoms with Gasteiger partial charge in [0.25, 0.3) is 0 Å². The standard InChI is InChI=1S/C24H29NO10/c1-25-6-5-24-9-13(26)15(34-23-20(30)18(28)19(29)21(35-23)22(31)32)8-11(24)12(25)7-10-3-4-14(33-2)17(27)16(10)24/h3-4,8,11-12,18-21,23,27-30H,5-7,9H2,1-2H3,(H,31,32)/t11?,12?,18-,19-,20+,21-,23?,24?/m0/s1. The number of allylic oxidation sites excluding steroid dienone is 1. The number of likely N-dealkylation sites (N-methyl/N-ethyl adjacent to an activating group) is 1. The highest BCUT2D eigenvalue weighted by atomic mass is 16.7. The van der Waals surface area contributed by atoms with Crippen molar-refractivity contribution in [3.63, 3.8) is 0 Å². The first-order chi connectivity index (χ1) is 16.6. The first-order valence-electron chi connectivity index (χ1n) is 11.5. The van der Waals surface area contributed by atoms with E-state index >= 15 is 0 Å². The molecular weight excluding hydrogens is 462 g/mol. The molecule has 0 spiro atoms. The molecule has 5 N–H and O–H groups in total. The molecule has 2 saturated heterocycles. The number of Topliss-reactive ketones (excluding diaryl/α,β-unsaturated/α-hetero) is 1. The Hall–Kier alpha value is -2.70. The third-order valence-electron chi connectivity index (χ3n) is 8.04. The van der Waals surface area contributed by atoms with Crippen molar-refractivity contribution in [3.05, 3.63) is 35.1 Å². The summed E-state index contributed by atoms with van der Waals surface area (Å²) in [7, 11) is 3.47. The molecule has 2 heterocycles. The zero-order valence-corrected chi connectivity index (χ0v) is 19.3. The Morgan fingerprint density at radius 3 is 2.63 bits per heavy atom. The number of piperidine rings is 1. The first kappa shape index (κ1) is 24.0. The van der Waals surface area contributed by atoms with E-state index in [2.05, 4.69) is 4.90 Å². The number of carbonyl (C=O) groups is 2. The number of likely N-dealkylation sites (tertiary alicyclic amines) is 1. The molecule has 4 unspecified atom stereocenters. The van der Waals surface area contributed by atoms with Gasteiger partial charge in [0.1, 0.15) is 18.3 Å². The van der Waals surface area contributed by atoms with Gasteiger partial charge in [-0.3, -0.25) is 4.79 Å². The van der Waals surface area contributed by atoms with Gasteiger partial charge in [0.05, 0.1) is 7.11 Å². The number of carboxylic acid groups (broad SMARTS) is 1. The Balaban J connectivity index is 1.53. The van der Waals surface area contributed by atoms with Crippen molar-refractivity contribution in [2.24, 2.45) is 5.92 Å². The van der Waals surface area contributed by atoms with E-state index in [0.717, 1.165) is 12.1 Å². The van der Waals surface area contributed by atoms with Crippen LogP contribution in [0, 0.1) is 5.92 Å². The van der Waals surface area contributed by atoms with Gasteiger partial charge >= 0.3 is 5.97 Å². The maximum atomic E-state index is 13.4. The van der Waals surface area contributed by atoms with Crippen LogP contribution in [0.5, 0.6) is 11.5 Å². The number of ketones is 1. The molecule has 1 aromatic carbocycles. The van der Waals surface area contributed by atoms with E-state index in [4.69, 9.17) is 14.2 Å². The maximum absolute atomic E-state index is 13.4. The number of hydrogen-bond donors (Lipinski definition) is 5. The topological polar surface area (TPSA) is 166 Å². The smallest absolute Gasteiger partial charge is 0.335 e. The summed E-state index contributed by atoms with van der Waals surface area (Å²) in [5, 5.41) is 50.7. The maximum Gasteiger partial charge on any atom is 0.335 e. The minimum Gasteiger partial charge on any atom is -0.504 e. The van der Waals surface area contributed by atoms with Crippen LogP contribution in [0.1, 0.15) is 24.0 Å². The van der Waals surface area contributed by atoms with Crippen LogP contribution in [0.3, 0.4) is 0 Å². The van der Waals surface area contributed by atoms with Gasteiger partial charge < -0.3 is 44.6 Å². The zero-order valence-electron chi connectivity index (χ0n) is 19.3. The Bertz CT molecular complexity index is 1090. The molecule has 2 aliphatic heterocycles. The number of aliphatic carboxylic acids is 1. The van der Waals surface area contributed by atoms with Crippen molar-refractivity contribution in [2.45, 2.75) is 61.4 Å². The monoisotopic (exact) mass is 491 g/mol. The summed E-state index contributed by atoms with van der Waals surface area (Å²) in [6.45, 7) is 0.726. The lowest BCUT2D eigenvalue weighted by Crippen LogP contribution is -2.61. The van der Waals surface area contributed by atoms with Crippen molar-refractivity contribution in [3.8, 4) is 11.5 Å². The van der Waals surface area contributed by atoms with Gasteiger partial charge in [-0.2, -0.15) is 0 Å². The normalized spacial score (nSPS) is 38.7. The van der Waals surface area contributed by atoms with Crippen molar-refractivity contribution in [1.29, 1.82) is 0 Å². The molecule has 35 heavy (non-hydrogen) atoms. The molecule has 11 nitrogen and oxygen atoms in total. The van der Waals surface area contributed by atoms with Gasteiger partial charge in [0, 0.05) is 29.4 Å². The van der Waals surface area contributed by atoms with Crippen LogP contribution in [0.2, 0.25) is 0 Å². The number of methoxy groups -OCH3 is 1. The number of rotatable bonds is 4. The molecule has 0 saturated carbocycles. The second-order valence-electron chi connectivity index (χ2n) is 9.82. The summed E-state index contributed by atoms with van der Waals surface area (Å²) in [6, 6.07) is 3.64. The molecule has 2 aliphatic carbocycles. The molecule has 2 bridgehead atoms. The molecule has 0 aromatic heterocycles. The molecule has 2 fully saturated rings. The predicted octanol–water partition coefficient (Wildman–Crippen LogP) is -0.719. The van der Waals surface area contributed by atoms with Crippen molar-refractivity contribution < 1.29 is 49.3 Å². The Morgan fingerprint density at radius 1 is 1.20 bits per heavy atom. The number of benzene rings is 1. The van der Waals surface area contributed by atoms with Crippen LogP contribution < -0.4 is 4.74 Å². The van der Waals surface area contributed by atoms with E-state index in [0.29, 0.717) is 24.2 Å². The number of phenolic OH excluding ortho intramolecular Hbond substituents is 1. The van der Waals surface area contributed by atoms with Crippen molar-refractivity contribution >= 4 is 11.8 Å². The summed E-state index contributed by atoms with van der Waals surface area (Å²) in [5.41, 5.74) is 0.973. The predicted molar refractivity (Wildman–Crippen MR) is 118 cm³/mol.